The normalized spacial score (nSPS) is 10.2. The summed E-state index contributed by atoms with van der Waals surface area (Å²) < 4.78 is 0.824. The van der Waals surface area contributed by atoms with Gasteiger partial charge >= 0.3 is 0 Å². The van der Waals surface area contributed by atoms with Crippen molar-refractivity contribution in [3.63, 3.8) is 0 Å². The van der Waals surface area contributed by atoms with Gasteiger partial charge in [0.15, 0.2) is 0 Å². The van der Waals surface area contributed by atoms with Gasteiger partial charge in [-0.25, -0.2) is 0 Å². The highest BCUT2D eigenvalue weighted by Gasteiger charge is 2.08. The van der Waals surface area contributed by atoms with E-state index >= 15 is 0 Å². The van der Waals surface area contributed by atoms with Crippen LogP contribution in [0.4, 0.5) is 0 Å². The number of aromatic amines is 1. The van der Waals surface area contributed by atoms with Crippen LogP contribution in [0.1, 0.15) is 16.1 Å². The molecule has 0 aliphatic carbocycles. The van der Waals surface area contributed by atoms with E-state index < -0.39 is 0 Å². The van der Waals surface area contributed by atoms with Crippen LogP contribution < -0.4 is 5.32 Å². The van der Waals surface area contributed by atoms with Crippen molar-refractivity contribution in [2.45, 2.75) is 6.54 Å². The maximum absolute atomic E-state index is 11.7. The molecule has 4 nitrogen and oxygen atoms in total. The van der Waals surface area contributed by atoms with Crippen LogP contribution in [-0.4, -0.2) is 16.0 Å². The van der Waals surface area contributed by atoms with Crippen molar-refractivity contribution in [2.24, 2.45) is 0 Å². The number of benzene rings is 1. The second kappa shape index (κ2) is 5.05. The highest BCUT2D eigenvalue weighted by atomic mass is 79.9. The van der Waals surface area contributed by atoms with E-state index in [0.717, 1.165) is 4.47 Å². The lowest BCUT2D eigenvalue weighted by molar-refractivity contribution is 0.0946. The van der Waals surface area contributed by atoms with Crippen LogP contribution in [0.3, 0.4) is 0 Å². The highest BCUT2D eigenvalue weighted by molar-refractivity contribution is 9.10. The average molecular weight is 295 g/mol. The van der Waals surface area contributed by atoms with E-state index in [9.17, 15) is 9.90 Å². The van der Waals surface area contributed by atoms with E-state index in [1.54, 1.807) is 30.5 Å². The Hall–Kier alpha value is -1.75. The summed E-state index contributed by atoms with van der Waals surface area (Å²) in [4.78, 5) is 14.5. The van der Waals surface area contributed by atoms with Crippen LogP contribution in [0.2, 0.25) is 0 Å². The first-order valence-corrected chi connectivity index (χ1v) is 5.85. The van der Waals surface area contributed by atoms with Gasteiger partial charge in [0.25, 0.3) is 5.91 Å². The molecule has 0 saturated carbocycles. The SMILES string of the molecule is O=C(NCc1ccccc1O)c1cc(Br)c[nH]1. The molecule has 0 radical (unpaired) electrons. The number of halogens is 1. The summed E-state index contributed by atoms with van der Waals surface area (Å²) in [6.45, 7) is 0.294. The lowest BCUT2D eigenvalue weighted by Crippen LogP contribution is -2.23. The molecule has 88 valence electrons. The van der Waals surface area contributed by atoms with E-state index in [1.807, 2.05) is 6.07 Å². The topological polar surface area (TPSA) is 65.1 Å². The molecule has 3 N–H and O–H groups in total. The van der Waals surface area contributed by atoms with Gasteiger partial charge in [0.05, 0.1) is 0 Å². The minimum atomic E-state index is -0.209. The Kier molecular flexibility index (Phi) is 3.49. The number of hydrogen-bond acceptors (Lipinski definition) is 2. The molecule has 5 heteroatoms. The Balaban J connectivity index is 1.99. The lowest BCUT2D eigenvalue weighted by atomic mass is 10.2. The number of nitrogens with one attached hydrogen (secondary N) is 2. The van der Waals surface area contributed by atoms with Crippen LogP contribution in [0, 0.1) is 0 Å². The first kappa shape index (κ1) is 11.7. The second-order valence-electron chi connectivity index (χ2n) is 3.54. The first-order chi connectivity index (χ1) is 8.16. The van der Waals surface area contributed by atoms with Crippen LogP contribution in [0.15, 0.2) is 41.0 Å². The largest absolute Gasteiger partial charge is 0.508 e. The van der Waals surface area contributed by atoms with Crippen LogP contribution in [0.5, 0.6) is 5.75 Å². The number of rotatable bonds is 3. The predicted molar refractivity (Wildman–Crippen MR) is 67.8 cm³/mol. The summed E-state index contributed by atoms with van der Waals surface area (Å²) in [6.07, 6.45) is 1.69. The van der Waals surface area contributed by atoms with Gasteiger partial charge in [0.1, 0.15) is 11.4 Å². The number of carbonyl (C=O) groups is 1. The van der Waals surface area contributed by atoms with Gasteiger partial charge in [-0.15, -0.1) is 0 Å². The number of aromatic hydroxyl groups is 1. The van der Waals surface area contributed by atoms with E-state index in [0.29, 0.717) is 17.8 Å². The molecule has 1 aromatic carbocycles. The van der Waals surface area contributed by atoms with Crippen molar-refractivity contribution in [3.05, 3.63) is 52.3 Å². The fraction of sp³-hybridized carbons (Fsp3) is 0.0833. The third-order valence-electron chi connectivity index (χ3n) is 2.32. The molecule has 0 saturated heterocycles. The van der Waals surface area contributed by atoms with Crippen molar-refractivity contribution >= 4 is 21.8 Å². The maximum Gasteiger partial charge on any atom is 0.268 e. The molecule has 17 heavy (non-hydrogen) atoms. The predicted octanol–water partition coefficient (Wildman–Crippen LogP) is 2.41. The average Bonchev–Trinajstić information content (AvgIpc) is 2.74. The summed E-state index contributed by atoms with van der Waals surface area (Å²) >= 11 is 3.26. The number of carbonyl (C=O) groups excluding carboxylic acids is 1. The Morgan fingerprint density at radius 1 is 1.41 bits per heavy atom. The number of hydrogen-bond donors (Lipinski definition) is 3. The summed E-state index contributed by atoms with van der Waals surface area (Å²) in [5.41, 5.74) is 1.17. The number of H-pyrrole nitrogens is 1. The van der Waals surface area contributed by atoms with Gasteiger partial charge in [0.2, 0.25) is 0 Å². The summed E-state index contributed by atoms with van der Waals surface area (Å²) in [5, 5.41) is 12.2. The second-order valence-corrected chi connectivity index (χ2v) is 4.46. The number of phenolic OH excluding ortho intramolecular Hbond substituents is 1. The van der Waals surface area contributed by atoms with Gasteiger partial charge in [0, 0.05) is 22.8 Å². The number of aromatic nitrogens is 1. The van der Waals surface area contributed by atoms with Crippen LogP contribution in [-0.2, 0) is 6.54 Å². The summed E-state index contributed by atoms with van der Waals surface area (Å²) in [6, 6.07) is 8.60. The molecular formula is C12H11BrN2O2. The number of amides is 1. The Morgan fingerprint density at radius 2 is 2.18 bits per heavy atom. The van der Waals surface area contributed by atoms with Crippen LogP contribution in [0.25, 0.3) is 0 Å². The smallest absolute Gasteiger partial charge is 0.268 e. The Labute approximate surface area is 107 Å². The maximum atomic E-state index is 11.7. The molecule has 2 aromatic rings. The van der Waals surface area contributed by atoms with Crippen molar-refractivity contribution in [1.82, 2.24) is 10.3 Å². The molecule has 1 aromatic heterocycles. The van der Waals surface area contributed by atoms with E-state index in [2.05, 4.69) is 26.2 Å². The molecule has 0 bridgehead atoms. The first-order valence-electron chi connectivity index (χ1n) is 5.06. The standard InChI is InChI=1S/C12H11BrN2O2/c13-9-5-10(14-7-9)12(17)15-6-8-3-1-2-4-11(8)16/h1-5,7,14,16H,6H2,(H,15,17). The molecule has 1 amide bonds. The van der Waals surface area contributed by atoms with Gasteiger partial charge in [-0.2, -0.15) is 0 Å². The fourth-order valence-corrected chi connectivity index (χ4v) is 1.77. The van der Waals surface area contributed by atoms with Gasteiger partial charge in [-0.05, 0) is 28.1 Å². The highest BCUT2D eigenvalue weighted by Crippen LogP contribution is 2.15. The van der Waals surface area contributed by atoms with E-state index in [1.165, 1.54) is 0 Å². The lowest BCUT2D eigenvalue weighted by Gasteiger charge is -2.05. The summed E-state index contributed by atoms with van der Waals surface area (Å²) in [5.74, 6) is -0.0283. The van der Waals surface area contributed by atoms with Crippen LogP contribution >= 0.6 is 15.9 Å². The molecule has 0 fully saturated rings. The summed E-state index contributed by atoms with van der Waals surface area (Å²) in [7, 11) is 0. The minimum absolute atomic E-state index is 0.181. The van der Waals surface area contributed by atoms with Crippen molar-refractivity contribution in [3.8, 4) is 5.75 Å². The molecule has 1 heterocycles. The number of para-hydroxylation sites is 1. The Bertz CT molecular complexity index is 537. The molecular weight excluding hydrogens is 284 g/mol. The third-order valence-corrected chi connectivity index (χ3v) is 2.78. The Morgan fingerprint density at radius 3 is 2.82 bits per heavy atom. The molecule has 0 unspecified atom stereocenters. The fourth-order valence-electron chi connectivity index (χ4n) is 1.43. The van der Waals surface area contributed by atoms with Gasteiger partial charge in [-0.1, -0.05) is 18.2 Å². The zero-order valence-electron chi connectivity index (χ0n) is 8.90. The van der Waals surface area contributed by atoms with Gasteiger partial charge in [-0.3, -0.25) is 4.79 Å². The number of phenols is 1. The molecule has 0 aliphatic rings. The molecule has 2 rings (SSSR count). The third kappa shape index (κ3) is 2.88. The monoisotopic (exact) mass is 294 g/mol. The van der Waals surface area contributed by atoms with E-state index in [4.69, 9.17) is 0 Å². The minimum Gasteiger partial charge on any atom is -0.508 e. The van der Waals surface area contributed by atoms with E-state index in [-0.39, 0.29) is 11.7 Å². The molecule has 0 atom stereocenters. The zero-order valence-corrected chi connectivity index (χ0v) is 10.5. The van der Waals surface area contributed by atoms with Crippen molar-refractivity contribution < 1.29 is 9.90 Å². The van der Waals surface area contributed by atoms with Gasteiger partial charge < -0.3 is 15.4 Å². The quantitative estimate of drug-likeness (QED) is 0.814. The molecule has 0 spiro atoms. The molecule has 0 aliphatic heterocycles. The van der Waals surface area contributed by atoms with Crippen molar-refractivity contribution in [1.29, 1.82) is 0 Å². The zero-order chi connectivity index (χ0) is 12.3. The van der Waals surface area contributed by atoms with Crippen molar-refractivity contribution in [2.75, 3.05) is 0 Å².